The number of rotatable bonds is 6. The van der Waals surface area contributed by atoms with E-state index in [-0.39, 0.29) is 12.4 Å². The number of amides is 1. The molecule has 0 aliphatic heterocycles. The zero-order valence-corrected chi connectivity index (χ0v) is 16.7. The van der Waals surface area contributed by atoms with Crippen LogP contribution in [-0.2, 0) is 4.79 Å². The van der Waals surface area contributed by atoms with E-state index in [1.54, 1.807) is 37.4 Å². The topological polar surface area (TPSA) is 80.2 Å². The lowest BCUT2D eigenvalue weighted by molar-refractivity contribution is -0.123. The monoisotopic (exact) mass is 470 g/mol. The molecule has 2 aromatic rings. The summed E-state index contributed by atoms with van der Waals surface area (Å²) in [6, 6.07) is 8.57. The van der Waals surface area contributed by atoms with Crippen molar-refractivity contribution in [1.82, 2.24) is 5.43 Å². The first kappa shape index (κ1) is 19.3. The van der Waals surface area contributed by atoms with Crippen LogP contribution in [0, 0.1) is 6.92 Å². The van der Waals surface area contributed by atoms with E-state index < -0.39 is 5.91 Å². The molecule has 25 heavy (non-hydrogen) atoms. The van der Waals surface area contributed by atoms with Gasteiger partial charge in [0.05, 0.1) is 22.3 Å². The van der Waals surface area contributed by atoms with E-state index >= 15 is 0 Å². The molecular weight excluding hydrogens is 456 g/mol. The van der Waals surface area contributed by atoms with Gasteiger partial charge in [0.15, 0.2) is 6.61 Å². The molecule has 0 spiro atoms. The predicted molar refractivity (Wildman–Crippen MR) is 102 cm³/mol. The highest BCUT2D eigenvalue weighted by Gasteiger charge is 2.11. The van der Waals surface area contributed by atoms with Crippen molar-refractivity contribution in [2.45, 2.75) is 6.92 Å². The summed E-state index contributed by atoms with van der Waals surface area (Å²) in [6.07, 6.45) is 1.37. The van der Waals surface area contributed by atoms with Gasteiger partial charge in [-0.15, -0.1) is 0 Å². The minimum absolute atomic E-state index is 0.0888. The van der Waals surface area contributed by atoms with E-state index in [4.69, 9.17) is 9.47 Å². The van der Waals surface area contributed by atoms with Crippen LogP contribution < -0.4 is 14.9 Å². The fourth-order valence-corrected chi connectivity index (χ4v) is 3.29. The molecule has 0 bridgehead atoms. The molecule has 2 aromatic carbocycles. The molecule has 0 heterocycles. The van der Waals surface area contributed by atoms with Crippen molar-refractivity contribution in [1.29, 1.82) is 0 Å². The Balaban J connectivity index is 1.93. The summed E-state index contributed by atoms with van der Waals surface area (Å²) in [5.74, 6) is 0.790. The van der Waals surface area contributed by atoms with Crippen LogP contribution in [-0.4, -0.2) is 30.9 Å². The third kappa shape index (κ3) is 5.47. The predicted octanol–water partition coefficient (Wildman–Crippen LogP) is 3.76. The van der Waals surface area contributed by atoms with Crippen LogP contribution in [0.4, 0.5) is 0 Å². The van der Waals surface area contributed by atoms with Gasteiger partial charge in [0.25, 0.3) is 5.91 Å². The van der Waals surface area contributed by atoms with Crippen LogP contribution in [0.2, 0.25) is 0 Å². The van der Waals surface area contributed by atoms with Gasteiger partial charge in [-0.1, -0.05) is 11.6 Å². The number of halogens is 2. The molecule has 1 amide bonds. The van der Waals surface area contributed by atoms with Gasteiger partial charge in [-0.3, -0.25) is 4.79 Å². The van der Waals surface area contributed by atoms with Gasteiger partial charge in [0, 0.05) is 5.56 Å². The Morgan fingerprint density at radius 3 is 2.60 bits per heavy atom. The molecule has 0 unspecified atom stereocenters. The van der Waals surface area contributed by atoms with Gasteiger partial charge >= 0.3 is 0 Å². The number of hydrogen-bond acceptors (Lipinski definition) is 5. The number of phenols is 1. The van der Waals surface area contributed by atoms with Crippen molar-refractivity contribution in [3.8, 4) is 17.2 Å². The van der Waals surface area contributed by atoms with Crippen molar-refractivity contribution in [2.24, 2.45) is 5.10 Å². The summed E-state index contributed by atoms with van der Waals surface area (Å²) in [4.78, 5) is 11.8. The quantitative estimate of drug-likeness (QED) is 0.496. The maximum absolute atomic E-state index is 11.8. The Hall–Kier alpha value is -2.06. The average Bonchev–Trinajstić information content (AvgIpc) is 2.57. The van der Waals surface area contributed by atoms with Gasteiger partial charge in [0.1, 0.15) is 17.2 Å². The first-order chi connectivity index (χ1) is 11.9. The lowest BCUT2D eigenvalue weighted by Gasteiger charge is -2.11. The largest absolute Gasteiger partial charge is 0.507 e. The first-order valence-corrected chi connectivity index (χ1v) is 8.76. The second-order valence-corrected chi connectivity index (χ2v) is 6.77. The van der Waals surface area contributed by atoms with Crippen LogP contribution in [0.15, 0.2) is 44.4 Å². The number of hydrogen-bond donors (Lipinski definition) is 2. The summed E-state index contributed by atoms with van der Waals surface area (Å²) in [5, 5.41) is 13.5. The fraction of sp³-hybridized carbons (Fsp3) is 0.176. The molecule has 2 N–H and O–H groups in total. The van der Waals surface area contributed by atoms with Crippen LogP contribution in [0.5, 0.6) is 17.2 Å². The number of aromatic hydroxyl groups is 1. The highest BCUT2D eigenvalue weighted by atomic mass is 79.9. The summed E-state index contributed by atoms with van der Waals surface area (Å²) in [6.45, 7) is 1.68. The van der Waals surface area contributed by atoms with E-state index in [0.29, 0.717) is 26.0 Å². The highest BCUT2D eigenvalue weighted by Crippen LogP contribution is 2.37. The normalized spacial score (nSPS) is 10.7. The maximum Gasteiger partial charge on any atom is 0.277 e. The summed E-state index contributed by atoms with van der Waals surface area (Å²) in [7, 11) is 1.56. The van der Waals surface area contributed by atoms with Gasteiger partial charge in [-0.25, -0.2) is 5.43 Å². The highest BCUT2D eigenvalue weighted by molar-refractivity contribution is 9.11. The summed E-state index contributed by atoms with van der Waals surface area (Å²) < 4.78 is 11.9. The zero-order chi connectivity index (χ0) is 18.4. The second-order valence-electron chi connectivity index (χ2n) is 5.06. The number of carbonyl (C=O) groups excluding carboxylic acids is 1. The fourth-order valence-electron chi connectivity index (χ4n) is 1.91. The minimum Gasteiger partial charge on any atom is -0.507 e. The summed E-state index contributed by atoms with van der Waals surface area (Å²) >= 11 is 6.73. The number of nitrogens with one attached hydrogen (secondary N) is 1. The third-order valence-electron chi connectivity index (χ3n) is 3.13. The molecule has 0 fully saturated rings. The Morgan fingerprint density at radius 2 is 1.96 bits per heavy atom. The van der Waals surface area contributed by atoms with E-state index in [0.717, 1.165) is 5.56 Å². The van der Waals surface area contributed by atoms with Gasteiger partial charge < -0.3 is 14.6 Å². The van der Waals surface area contributed by atoms with E-state index in [1.807, 2.05) is 6.92 Å². The Morgan fingerprint density at radius 1 is 1.28 bits per heavy atom. The number of hydrazone groups is 1. The number of carbonyl (C=O) groups is 1. The Kier molecular flexibility index (Phi) is 6.83. The first-order valence-electron chi connectivity index (χ1n) is 7.18. The smallest absolute Gasteiger partial charge is 0.277 e. The molecule has 0 atom stereocenters. The number of ether oxygens (including phenoxy) is 2. The van der Waals surface area contributed by atoms with Crippen molar-refractivity contribution in [3.05, 3.63) is 50.4 Å². The number of benzene rings is 2. The van der Waals surface area contributed by atoms with Crippen LogP contribution >= 0.6 is 31.9 Å². The Bertz CT molecular complexity index is 786. The number of aryl methyl sites for hydroxylation is 1. The summed E-state index contributed by atoms with van der Waals surface area (Å²) in [5.41, 5.74) is 3.84. The molecule has 0 aliphatic rings. The van der Waals surface area contributed by atoms with E-state index in [9.17, 15) is 9.90 Å². The van der Waals surface area contributed by atoms with Crippen molar-refractivity contribution >= 4 is 44.0 Å². The molecule has 0 aromatic heterocycles. The van der Waals surface area contributed by atoms with Crippen molar-refractivity contribution < 1.29 is 19.4 Å². The number of methoxy groups -OCH3 is 1. The van der Waals surface area contributed by atoms with Crippen molar-refractivity contribution in [3.63, 3.8) is 0 Å². The van der Waals surface area contributed by atoms with Crippen molar-refractivity contribution in [2.75, 3.05) is 13.7 Å². The average molecular weight is 472 g/mol. The van der Waals surface area contributed by atoms with Crippen LogP contribution in [0.3, 0.4) is 0 Å². The second kappa shape index (κ2) is 8.87. The van der Waals surface area contributed by atoms with Crippen LogP contribution in [0.1, 0.15) is 11.1 Å². The molecule has 0 saturated heterocycles. The minimum atomic E-state index is -0.432. The van der Waals surface area contributed by atoms with Gasteiger partial charge in [0.2, 0.25) is 0 Å². The van der Waals surface area contributed by atoms with E-state index in [2.05, 4.69) is 42.4 Å². The number of nitrogens with zero attached hydrogens (tertiary/aromatic N) is 1. The molecule has 0 aliphatic carbocycles. The molecule has 6 nitrogen and oxygen atoms in total. The lowest BCUT2D eigenvalue weighted by Crippen LogP contribution is -2.24. The molecule has 132 valence electrons. The van der Waals surface area contributed by atoms with Crippen LogP contribution in [0.25, 0.3) is 0 Å². The van der Waals surface area contributed by atoms with E-state index in [1.165, 1.54) is 6.21 Å². The number of phenolic OH excluding ortho intramolecular Hbond substituents is 1. The van der Waals surface area contributed by atoms with Gasteiger partial charge in [-0.2, -0.15) is 5.10 Å². The standard InChI is InChI=1S/C17H16Br2N2O4/c1-10-3-4-15(22)11(5-10)8-20-21-16(23)9-25-17-13(18)6-12(24-2)7-14(17)19/h3-8,22H,9H2,1-2H3,(H,21,23)/b20-8-. The lowest BCUT2D eigenvalue weighted by atomic mass is 10.1. The molecule has 0 radical (unpaired) electrons. The third-order valence-corrected chi connectivity index (χ3v) is 4.31. The van der Waals surface area contributed by atoms with Gasteiger partial charge in [-0.05, 0) is 63.0 Å². The zero-order valence-electron chi connectivity index (χ0n) is 13.5. The maximum atomic E-state index is 11.8. The molecule has 8 heteroatoms. The molecule has 2 rings (SSSR count). The molecular formula is C17H16Br2N2O4. The Labute approximate surface area is 162 Å². The molecule has 0 saturated carbocycles. The SMILES string of the molecule is COc1cc(Br)c(OCC(=O)N/N=C\c2cc(C)ccc2O)c(Br)c1.